The second-order valence-electron chi connectivity index (χ2n) is 6.47. The Labute approximate surface area is 143 Å². The number of benzene rings is 1. The van der Waals surface area contributed by atoms with Crippen LogP contribution in [0.5, 0.6) is 0 Å². The molecule has 2 aromatic rings. The molecule has 1 aliphatic heterocycles. The first kappa shape index (κ1) is 16.7. The van der Waals surface area contributed by atoms with E-state index in [0.29, 0.717) is 5.92 Å². The lowest BCUT2D eigenvalue weighted by Crippen LogP contribution is -2.42. The highest BCUT2D eigenvalue weighted by molar-refractivity contribution is 5.83. The predicted octanol–water partition coefficient (Wildman–Crippen LogP) is 3.20. The highest BCUT2D eigenvalue weighted by Crippen LogP contribution is 2.29. The molecule has 128 valence electrons. The van der Waals surface area contributed by atoms with Crippen LogP contribution < -0.4 is 0 Å². The SMILES string of the molecule is CCC(C(=O)N1CCCC(c2nncn2CC)C1)c1ccccc1. The van der Waals surface area contributed by atoms with Gasteiger partial charge in [0.1, 0.15) is 12.2 Å². The molecule has 1 fully saturated rings. The Morgan fingerprint density at radius 3 is 2.79 bits per heavy atom. The van der Waals surface area contributed by atoms with E-state index in [1.54, 1.807) is 6.33 Å². The quantitative estimate of drug-likeness (QED) is 0.848. The van der Waals surface area contributed by atoms with Crippen LogP contribution in [-0.2, 0) is 11.3 Å². The predicted molar refractivity (Wildman–Crippen MR) is 93.7 cm³/mol. The molecule has 0 bridgehead atoms. The Morgan fingerprint density at radius 2 is 2.08 bits per heavy atom. The third-order valence-corrected chi connectivity index (χ3v) is 4.99. The normalized spacial score (nSPS) is 19.2. The lowest BCUT2D eigenvalue weighted by atomic mass is 9.91. The van der Waals surface area contributed by atoms with Gasteiger partial charge in [-0.25, -0.2) is 0 Å². The van der Waals surface area contributed by atoms with Gasteiger partial charge in [0.15, 0.2) is 0 Å². The number of carbonyl (C=O) groups excluding carboxylic acids is 1. The summed E-state index contributed by atoms with van der Waals surface area (Å²) in [6.07, 6.45) is 4.72. The number of piperidine rings is 1. The average molecular weight is 326 g/mol. The fourth-order valence-electron chi connectivity index (χ4n) is 3.67. The number of nitrogens with zero attached hydrogens (tertiary/aromatic N) is 4. The molecular formula is C19H26N4O. The van der Waals surface area contributed by atoms with Gasteiger partial charge in [0, 0.05) is 25.6 Å². The summed E-state index contributed by atoms with van der Waals surface area (Å²) in [5.74, 6) is 1.51. The Bertz CT molecular complexity index is 667. The van der Waals surface area contributed by atoms with E-state index < -0.39 is 0 Å². The van der Waals surface area contributed by atoms with Crippen molar-refractivity contribution >= 4 is 5.91 Å². The van der Waals surface area contributed by atoms with Gasteiger partial charge in [-0.15, -0.1) is 10.2 Å². The van der Waals surface area contributed by atoms with Crippen molar-refractivity contribution in [3.05, 3.63) is 48.0 Å². The van der Waals surface area contributed by atoms with Crippen LogP contribution in [0.3, 0.4) is 0 Å². The highest BCUT2D eigenvalue weighted by Gasteiger charge is 2.31. The number of aromatic nitrogens is 3. The van der Waals surface area contributed by atoms with Crippen LogP contribution in [0.15, 0.2) is 36.7 Å². The molecule has 5 heteroatoms. The zero-order valence-electron chi connectivity index (χ0n) is 14.6. The van der Waals surface area contributed by atoms with Gasteiger partial charge < -0.3 is 9.47 Å². The number of carbonyl (C=O) groups is 1. The summed E-state index contributed by atoms with van der Waals surface area (Å²) in [4.78, 5) is 15.1. The first-order valence-electron chi connectivity index (χ1n) is 8.96. The van der Waals surface area contributed by atoms with Crippen LogP contribution in [0.4, 0.5) is 0 Å². The van der Waals surface area contributed by atoms with E-state index >= 15 is 0 Å². The molecule has 1 aliphatic rings. The van der Waals surface area contributed by atoms with E-state index in [1.807, 2.05) is 23.1 Å². The number of amides is 1. The monoisotopic (exact) mass is 326 g/mol. The minimum absolute atomic E-state index is 0.0472. The minimum Gasteiger partial charge on any atom is -0.341 e. The maximum atomic E-state index is 13.1. The molecule has 3 rings (SSSR count). The lowest BCUT2D eigenvalue weighted by molar-refractivity contribution is -0.134. The second kappa shape index (κ2) is 7.60. The number of rotatable bonds is 5. The molecular weight excluding hydrogens is 300 g/mol. The van der Waals surface area contributed by atoms with Crippen molar-refractivity contribution < 1.29 is 4.79 Å². The van der Waals surface area contributed by atoms with Gasteiger partial charge >= 0.3 is 0 Å². The molecule has 2 unspecified atom stereocenters. The average Bonchev–Trinajstić information content (AvgIpc) is 3.12. The first-order valence-corrected chi connectivity index (χ1v) is 8.96. The molecule has 1 aromatic carbocycles. The topological polar surface area (TPSA) is 51.0 Å². The van der Waals surface area contributed by atoms with Crippen molar-refractivity contribution in [2.75, 3.05) is 13.1 Å². The zero-order valence-corrected chi connectivity index (χ0v) is 14.6. The molecule has 24 heavy (non-hydrogen) atoms. The van der Waals surface area contributed by atoms with Gasteiger partial charge in [-0.2, -0.15) is 0 Å². The molecule has 5 nitrogen and oxygen atoms in total. The molecule has 0 aliphatic carbocycles. The maximum Gasteiger partial charge on any atom is 0.230 e. The molecule has 0 spiro atoms. The van der Waals surface area contributed by atoms with Crippen molar-refractivity contribution in [2.45, 2.75) is 51.5 Å². The van der Waals surface area contributed by atoms with Gasteiger partial charge in [0.05, 0.1) is 5.92 Å². The summed E-state index contributed by atoms with van der Waals surface area (Å²) in [5, 5.41) is 8.35. The van der Waals surface area contributed by atoms with Gasteiger partial charge in [-0.1, -0.05) is 37.3 Å². The summed E-state index contributed by atoms with van der Waals surface area (Å²) >= 11 is 0. The van der Waals surface area contributed by atoms with E-state index in [-0.39, 0.29) is 11.8 Å². The van der Waals surface area contributed by atoms with E-state index in [0.717, 1.165) is 50.3 Å². The van der Waals surface area contributed by atoms with E-state index in [9.17, 15) is 4.79 Å². The Morgan fingerprint density at radius 1 is 1.29 bits per heavy atom. The van der Waals surface area contributed by atoms with Crippen molar-refractivity contribution in [2.24, 2.45) is 0 Å². The van der Waals surface area contributed by atoms with Gasteiger partial charge in [-0.05, 0) is 31.7 Å². The molecule has 1 amide bonds. The van der Waals surface area contributed by atoms with Crippen LogP contribution in [0, 0.1) is 0 Å². The Balaban J connectivity index is 1.75. The van der Waals surface area contributed by atoms with Gasteiger partial charge in [0.2, 0.25) is 5.91 Å². The maximum absolute atomic E-state index is 13.1. The standard InChI is InChI=1S/C19H26N4O/c1-3-17(15-9-6-5-7-10-15)19(24)23-12-8-11-16(13-23)18-21-20-14-22(18)4-2/h5-7,9-10,14,16-17H,3-4,8,11-13H2,1-2H3. The van der Waals surface area contributed by atoms with Gasteiger partial charge in [0.25, 0.3) is 0 Å². The van der Waals surface area contributed by atoms with Gasteiger partial charge in [-0.3, -0.25) is 4.79 Å². The molecule has 2 atom stereocenters. The highest BCUT2D eigenvalue weighted by atomic mass is 16.2. The van der Waals surface area contributed by atoms with E-state index in [2.05, 4.69) is 40.7 Å². The van der Waals surface area contributed by atoms with Crippen LogP contribution in [0.2, 0.25) is 0 Å². The molecule has 1 aromatic heterocycles. The molecule has 2 heterocycles. The summed E-state index contributed by atoms with van der Waals surface area (Å²) in [6, 6.07) is 10.1. The molecule has 1 saturated heterocycles. The third kappa shape index (κ3) is 3.35. The first-order chi connectivity index (χ1) is 11.7. The lowest BCUT2D eigenvalue weighted by Gasteiger charge is -2.34. The zero-order chi connectivity index (χ0) is 16.9. The summed E-state index contributed by atoms with van der Waals surface area (Å²) in [5.41, 5.74) is 1.11. The van der Waals surface area contributed by atoms with Crippen LogP contribution in [-0.4, -0.2) is 38.7 Å². The fraction of sp³-hybridized carbons (Fsp3) is 0.526. The number of aryl methyl sites for hydroxylation is 1. The summed E-state index contributed by atoms with van der Waals surface area (Å²) < 4.78 is 2.09. The van der Waals surface area contributed by atoms with Crippen LogP contribution >= 0.6 is 0 Å². The largest absolute Gasteiger partial charge is 0.341 e. The second-order valence-corrected chi connectivity index (χ2v) is 6.47. The summed E-state index contributed by atoms with van der Waals surface area (Å²) in [6.45, 7) is 6.65. The van der Waals surface area contributed by atoms with Crippen molar-refractivity contribution in [1.29, 1.82) is 0 Å². The third-order valence-electron chi connectivity index (χ3n) is 4.99. The minimum atomic E-state index is -0.0472. The fourth-order valence-corrected chi connectivity index (χ4v) is 3.67. The summed E-state index contributed by atoms with van der Waals surface area (Å²) in [7, 11) is 0. The van der Waals surface area contributed by atoms with Crippen LogP contribution in [0.1, 0.15) is 56.3 Å². The Hall–Kier alpha value is -2.17. The molecule has 0 saturated carbocycles. The Kier molecular flexibility index (Phi) is 5.28. The molecule has 0 N–H and O–H groups in total. The number of likely N-dealkylation sites (tertiary alicyclic amines) is 1. The van der Waals surface area contributed by atoms with Crippen molar-refractivity contribution in [1.82, 2.24) is 19.7 Å². The van der Waals surface area contributed by atoms with Crippen molar-refractivity contribution in [3.8, 4) is 0 Å². The van der Waals surface area contributed by atoms with Crippen molar-refractivity contribution in [3.63, 3.8) is 0 Å². The van der Waals surface area contributed by atoms with Crippen LogP contribution in [0.25, 0.3) is 0 Å². The smallest absolute Gasteiger partial charge is 0.230 e. The van der Waals surface area contributed by atoms with E-state index in [1.165, 1.54) is 0 Å². The van der Waals surface area contributed by atoms with E-state index in [4.69, 9.17) is 0 Å². The molecule has 0 radical (unpaired) electrons. The number of hydrogen-bond donors (Lipinski definition) is 0. The number of hydrogen-bond acceptors (Lipinski definition) is 3.